The third kappa shape index (κ3) is 2.24. The van der Waals surface area contributed by atoms with Gasteiger partial charge in [-0.15, -0.1) is 0 Å². The van der Waals surface area contributed by atoms with Crippen LogP contribution in [-0.4, -0.2) is 0 Å². The van der Waals surface area contributed by atoms with Gasteiger partial charge in [0, 0.05) is 27.1 Å². The molecular formula is C37H46. The largest absolute Gasteiger partial charge is 0.0801 e. The maximum atomic E-state index is 2.68. The number of fused-ring (bicyclic) bond motifs is 8. The van der Waals surface area contributed by atoms with Gasteiger partial charge in [0.2, 0.25) is 0 Å². The molecule has 0 aromatic carbocycles. The van der Waals surface area contributed by atoms with Gasteiger partial charge < -0.3 is 0 Å². The van der Waals surface area contributed by atoms with E-state index in [2.05, 4.69) is 142 Å². The van der Waals surface area contributed by atoms with Crippen LogP contribution in [0.15, 0.2) is 106 Å². The maximum Gasteiger partial charge on any atom is 0.0170 e. The van der Waals surface area contributed by atoms with Crippen molar-refractivity contribution in [3.63, 3.8) is 0 Å². The van der Waals surface area contributed by atoms with Crippen molar-refractivity contribution in [3.8, 4) is 0 Å². The minimum absolute atomic E-state index is 0.00572. The monoisotopic (exact) mass is 490 g/mol. The molecule has 0 N–H and O–H groups in total. The fraction of sp³-hybridized carbons (Fsp3) is 0.514. The average molecular weight is 491 g/mol. The predicted molar refractivity (Wildman–Crippen MR) is 159 cm³/mol. The zero-order chi connectivity index (χ0) is 26.9. The first-order valence-corrected chi connectivity index (χ1v) is 14.4. The lowest BCUT2D eigenvalue weighted by atomic mass is 9.24. The number of allylic oxidation sites excluding steroid dienone is 18. The van der Waals surface area contributed by atoms with Gasteiger partial charge in [0.1, 0.15) is 0 Å². The van der Waals surface area contributed by atoms with Crippen LogP contribution in [0.2, 0.25) is 0 Å². The molecule has 0 amide bonds. The minimum Gasteiger partial charge on any atom is -0.0801 e. The number of rotatable bonds is 1. The van der Waals surface area contributed by atoms with Crippen LogP contribution in [0.25, 0.3) is 0 Å². The number of hydrogen-bond acceptors (Lipinski definition) is 0. The summed E-state index contributed by atoms with van der Waals surface area (Å²) in [6.07, 6.45) is 31.4. The van der Waals surface area contributed by atoms with Crippen LogP contribution in [-0.2, 0) is 0 Å². The molecule has 194 valence electrons. The van der Waals surface area contributed by atoms with Gasteiger partial charge >= 0.3 is 0 Å². The van der Waals surface area contributed by atoms with E-state index in [0.717, 1.165) is 12.8 Å². The van der Waals surface area contributed by atoms with Crippen molar-refractivity contribution in [2.24, 2.45) is 37.9 Å². The fourth-order valence-corrected chi connectivity index (χ4v) is 10.9. The van der Waals surface area contributed by atoms with Crippen LogP contribution in [0.4, 0.5) is 0 Å². The third-order valence-electron chi connectivity index (χ3n) is 14.0. The smallest absolute Gasteiger partial charge is 0.0170 e. The molecule has 37 heavy (non-hydrogen) atoms. The van der Waals surface area contributed by atoms with E-state index in [4.69, 9.17) is 0 Å². The van der Waals surface area contributed by atoms with Crippen molar-refractivity contribution >= 4 is 0 Å². The lowest BCUT2D eigenvalue weighted by molar-refractivity contribution is -0.261. The van der Waals surface area contributed by atoms with Gasteiger partial charge in [-0.25, -0.2) is 0 Å². The molecule has 7 atom stereocenters. The van der Waals surface area contributed by atoms with Crippen LogP contribution < -0.4 is 0 Å². The summed E-state index contributed by atoms with van der Waals surface area (Å²) in [4.78, 5) is 0. The van der Waals surface area contributed by atoms with E-state index in [-0.39, 0.29) is 37.9 Å². The van der Waals surface area contributed by atoms with E-state index >= 15 is 0 Å². The highest BCUT2D eigenvalue weighted by Crippen LogP contribution is 2.89. The van der Waals surface area contributed by atoms with Gasteiger partial charge in [0.25, 0.3) is 0 Å². The first-order chi connectivity index (χ1) is 17.2. The van der Waals surface area contributed by atoms with Gasteiger partial charge in [-0.1, -0.05) is 138 Å². The first kappa shape index (κ1) is 25.0. The van der Waals surface area contributed by atoms with Crippen LogP contribution in [0.3, 0.4) is 0 Å². The quantitative estimate of drug-likeness (QED) is 0.343. The summed E-state index contributed by atoms with van der Waals surface area (Å²) in [5.74, 6) is 0. The SMILES string of the molecule is CC(C)=C1C=C2CC3(C)C4(C)C=CC=CC4(C)C4(C)C=CC=CC4(C)C3(C)C2(C)C(C)=C1C1=CC=CC1. The van der Waals surface area contributed by atoms with Gasteiger partial charge in [-0.3, -0.25) is 0 Å². The van der Waals surface area contributed by atoms with Crippen molar-refractivity contribution in [1.82, 2.24) is 0 Å². The number of hydrogen-bond donors (Lipinski definition) is 0. The Hall–Kier alpha value is -2.34. The first-order valence-electron chi connectivity index (χ1n) is 14.4. The molecule has 0 nitrogen and oxygen atoms in total. The van der Waals surface area contributed by atoms with E-state index in [1.165, 1.54) is 22.3 Å². The summed E-state index contributed by atoms with van der Waals surface area (Å²) < 4.78 is 0. The zero-order valence-corrected chi connectivity index (χ0v) is 24.8. The van der Waals surface area contributed by atoms with E-state index < -0.39 is 0 Å². The van der Waals surface area contributed by atoms with Crippen molar-refractivity contribution < 1.29 is 0 Å². The lowest BCUT2D eigenvalue weighted by Gasteiger charge is -2.79. The molecule has 0 bridgehead atoms. The standard InChI is InChI=1S/C37H46/c1-25(2)29-23-28-24-35(8)33(6)21-14-13-19-31(33,4)32(5)20-15-16-22-34(32,7)37(35,10)36(28,9)26(3)30(29)27-17-11-12-18-27/h11-17,19-23H,18,24H2,1-10H3. The van der Waals surface area contributed by atoms with Crippen molar-refractivity contribution in [2.75, 3.05) is 0 Å². The highest BCUT2D eigenvalue weighted by Gasteiger charge is 2.84. The summed E-state index contributed by atoms with van der Waals surface area (Å²) in [5.41, 5.74) is 8.98. The van der Waals surface area contributed by atoms with Gasteiger partial charge in [-0.05, 0) is 61.2 Å². The molecule has 0 heterocycles. The molecule has 6 aliphatic rings. The molecule has 0 saturated heterocycles. The molecule has 0 aromatic heterocycles. The van der Waals surface area contributed by atoms with E-state index in [1.54, 1.807) is 11.1 Å². The predicted octanol–water partition coefficient (Wildman–Crippen LogP) is 10.2. The molecule has 0 radical (unpaired) electrons. The second-order valence-corrected chi connectivity index (χ2v) is 14.4. The Kier molecular flexibility index (Phi) is 4.72. The highest BCUT2D eigenvalue weighted by atomic mass is 14.9. The molecule has 0 aromatic rings. The Labute approximate surface area is 226 Å². The van der Waals surface area contributed by atoms with E-state index in [9.17, 15) is 0 Å². The van der Waals surface area contributed by atoms with Gasteiger partial charge in [-0.2, -0.15) is 0 Å². The summed E-state index contributed by atoms with van der Waals surface area (Å²) in [6, 6.07) is 0. The summed E-state index contributed by atoms with van der Waals surface area (Å²) in [7, 11) is 0. The Bertz CT molecular complexity index is 1390. The summed E-state index contributed by atoms with van der Waals surface area (Å²) in [5, 5.41) is 0. The maximum absolute atomic E-state index is 2.68. The Morgan fingerprint density at radius 2 is 1.24 bits per heavy atom. The third-order valence-corrected chi connectivity index (χ3v) is 14.0. The van der Waals surface area contributed by atoms with E-state index in [1.807, 2.05) is 0 Å². The summed E-state index contributed by atoms with van der Waals surface area (Å²) >= 11 is 0. The van der Waals surface area contributed by atoms with Crippen LogP contribution in [0, 0.1) is 37.9 Å². The van der Waals surface area contributed by atoms with Crippen LogP contribution in [0.1, 0.15) is 82.1 Å². The molecule has 0 aliphatic heterocycles. The van der Waals surface area contributed by atoms with Crippen LogP contribution >= 0.6 is 0 Å². The molecular weight excluding hydrogens is 444 g/mol. The molecule has 2 saturated carbocycles. The molecule has 6 rings (SSSR count). The molecule has 2 fully saturated rings. The normalized spacial score (nSPS) is 49.0. The Balaban J connectivity index is 1.76. The van der Waals surface area contributed by atoms with E-state index in [0.29, 0.717) is 0 Å². The highest BCUT2D eigenvalue weighted by molar-refractivity contribution is 5.67. The Morgan fingerprint density at radius 3 is 1.78 bits per heavy atom. The average Bonchev–Trinajstić information content (AvgIpc) is 3.44. The zero-order valence-electron chi connectivity index (χ0n) is 24.8. The fourth-order valence-electron chi connectivity index (χ4n) is 10.9. The van der Waals surface area contributed by atoms with Crippen molar-refractivity contribution in [3.05, 3.63) is 106 Å². The summed E-state index contributed by atoms with van der Waals surface area (Å²) in [6.45, 7) is 25.4. The minimum atomic E-state index is -0.0513. The van der Waals surface area contributed by atoms with Gasteiger partial charge in [0.05, 0.1) is 0 Å². The van der Waals surface area contributed by atoms with Gasteiger partial charge in [0.15, 0.2) is 0 Å². The lowest BCUT2D eigenvalue weighted by Crippen LogP contribution is -2.74. The second kappa shape index (κ2) is 6.99. The topological polar surface area (TPSA) is 0 Å². The van der Waals surface area contributed by atoms with Crippen LogP contribution in [0.5, 0.6) is 0 Å². The molecule has 7 unspecified atom stereocenters. The molecule has 0 heteroatoms. The van der Waals surface area contributed by atoms with Crippen molar-refractivity contribution in [2.45, 2.75) is 82.1 Å². The Morgan fingerprint density at radius 1 is 0.703 bits per heavy atom. The van der Waals surface area contributed by atoms with Crippen molar-refractivity contribution in [1.29, 1.82) is 0 Å². The second-order valence-electron chi connectivity index (χ2n) is 14.4. The molecule has 0 spiro atoms. The molecule has 6 aliphatic carbocycles.